The Labute approximate surface area is 217 Å². The summed E-state index contributed by atoms with van der Waals surface area (Å²) in [5, 5.41) is 17.5. The number of aromatic nitrogens is 4. The molecule has 3 aromatic rings. The maximum absolute atomic E-state index is 12.3. The van der Waals surface area contributed by atoms with Gasteiger partial charge in [-0.25, -0.2) is 14.6 Å². The minimum absolute atomic E-state index is 0.0653. The molecule has 3 aromatic heterocycles. The number of aryl methyl sites for hydroxylation is 1. The van der Waals surface area contributed by atoms with E-state index in [4.69, 9.17) is 19.2 Å². The van der Waals surface area contributed by atoms with Crippen molar-refractivity contribution in [1.82, 2.24) is 19.7 Å². The van der Waals surface area contributed by atoms with E-state index in [1.807, 2.05) is 12.1 Å². The Morgan fingerprint density at radius 1 is 1.24 bits per heavy atom. The van der Waals surface area contributed by atoms with Crippen molar-refractivity contribution in [2.45, 2.75) is 51.5 Å². The van der Waals surface area contributed by atoms with Gasteiger partial charge >= 0.3 is 5.97 Å². The van der Waals surface area contributed by atoms with Gasteiger partial charge in [0, 0.05) is 42.9 Å². The van der Waals surface area contributed by atoms with Gasteiger partial charge in [0.15, 0.2) is 0 Å². The normalized spacial score (nSPS) is 13.4. The molecule has 0 unspecified atom stereocenters. The van der Waals surface area contributed by atoms with Crippen LogP contribution in [0.1, 0.15) is 48.2 Å². The van der Waals surface area contributed by atoms with E-state index in [0.29, 0.717) is 44.4 Å². The molecule has 37 heavy (non-hydrogen) atoms. The van der Waals surface area contributed by atoms with Gasteiger partial charge in [-0.2, -0.15) is 5.10 Å². The number of esters is 1. The van der Waals surface area contributed by atoms with Gasteiger partial charge < -0.3 is 24.6 Å². The average Bonchev–Trinajstić information content (AvgIpc) is 3.29. The Morgan fingerprint density at radius 3 is 2.89 bits per heavy atom. The van der Waals surface area contributed by atoms with Crippen LogP contribution in [0, 0.1) is 0 Å². The fraction of sp³-hybridized carbons (Fsp3) is 0.481. The van der Waals surface area contributed by atoms with Gasteiger partial charge in [0.05, 0.1) is 45.6 Å². The lowest BCUT2D eigenvalue weighted by Crippen LogP contribution is -2.15. The number of hydrogen-bond acceptors (Lipinski definition) is 9. The highest BCUT2D eigenvalue weighted by molar-refractivity contribution is 5.70. The van der Waals surface area contributed by atoms with E-state index in [2.05, 4.69) is 27.5 Å². The molecule has 0 aliphatic carbocycles. The average molecular weight is 510 g/mol. The molecule has 0 bridgehead atoms. The molecule has 4 heterocycles. The summed E-state index contributed by atoms with van der Waals surface area (Å²) in [6, 6.07) is 9.73. The third-order valence-corrected chi connectivity index (χ3v) is 6.28. The predicted molar refractivity (Wildman–Crippen MR) is 138 cm³/mol. The number of nitrogens with zero attached hydrogens (tertiary/aromatic N) is 4. The van der Waals surface area contributed by atoms with Crippen molar-refractivity contribution in [2.24, 2.45) is 0 Å². The van der Waals surface area contributed by atoms with E-state index in [-0.39, 0.29) is 24.9 Å². The number of pyridine rings is 2. The summed E-state index contributed by atoms with van der Waals surface area (Å²) in [5.74, 6) is 1.59. The molecule has 0 spiro atoms. The smallest absolute Gasteiger partial charge is 0.306 e. The second kappa shape index (κ2) is 13.0. The van der Waals surface area contributed by atoms with Gasteiger partial charge in [0.1, 0.15) is 5.82 Å². The molecule has 0 amide bonds. The van der Waals surface area contributed by atoms with Crippen molar-refractivity contribution in [3.63, 3.8) is 0 Å². The van der Waals surface area contributed by atoms with E-state index in [0.717, 1.165) is 42.2 Å². The number of aliphatic hydroxyl groups is 1. The molecule has 4 rings (SSSR count). The molecular formula is C27H35N5O5. The number of fused-ring (bicyclic) bond motifs is 1. The second-order valence-electron chi connectivity index (χ2n) is 8.90. The molecule has 198 valence electrons. The summed E-state index contributed by atoms with van der Waals surface area (Å²) in [4.78, 5) is 21.3. The van der Waals surface area contributed by atoms with Crippen LogP contribution in [0.4, 0.5) is 5.82 Å². The van der Waals surface area contributed by atoms with Crippen LogP contribution in [0.15, 0.2) is 36.5 Å². The monoisotopic (exact) mass is 509 g/mol. The Kier molecular flexibility index (Phi) is 9.31. The van der Waals surface area contributed by atoms with Gasteiger partial charge in [-0.3, -0.25) is 4.79 Å². The van der Waals surface area contributed by atoms with Crippen molar-refractivity contribution in [3.05, 3.63) is 59.0 Å². The first-order chi connectivity index (χ1) is 18.1. The third kappa shape index (κ3) is 7.19. The molecule has 0 saturated carbocycles. The number of nitrogens with one attached hydrogen (secondary N) is 1. The first-order valence-corrected chi connectivity index (χ1v) is 12.8. The van der Waals surface area contributed by atoms with Crippen LogP contribution < -0.4 is 14.8 Å². The van der Waals surface area contributed by atoms with E-state index in [1.54, 1.807) is 31.0 Å². The standard InChI is InChI=1S/C27H35N5O5/c1-3-36-26(34)16-21(20-7-9-24(35-2)29-18-20)15-23-17-25(32(31-23)12-13-33)37-14-10-22-8-6-19-5-4-11-28-27(19)30-22/h6-9,17-18,21,33H,3-5,10-16H2,1-2H3,(H,28,30)/t21-/m1/s1. The van der Waals surface area contributed by atoms with Crippen molar-refractivity contribution in [2.75, 3.05) is 38.8 Å². The summed E-state index contributed by atoms with van der Waals surface area (Å²) >= 11 is 0. The lowest BCUT2D eigenvalue weighted by atomic mass is 9.92. The number of carbonyl (C=O) groups is 1. The van der Waals surface area contributed by atoms with Crippen LogP contribution in [-0.2, 0) is 35.3 Å². The summed E-state index contributed by atoms with van der Waals surface area (Å²) in [6.07, 6.45) is 5.23. The highest BCUT2D eigenvalue weighted by atomic mass is 16.5. The topological polar surface area (TPSA) is 121 Å². The lowest BCUT2D eigenvalue weighted by molar-refractivity contribution is -0.143. The summed E-state index contributed by atoms with van der Waals surface area (Å²) < 4.78 is 18.1. The highest BCUT2D eigenvalue weighted by Gasteiger charge is 2.21. The third-order valence-electron chi connectivity index (χ3n) is 6.28. The number of methoxy groups -OCH3 is 1. The molecule has 0 fully saturated rings. The SMILES string of the molecule is CCOC(=O)C[C@@H](Cc1cc(OCCc2ccc3c(n2)NCCC3)n(CCO)n1)c1ccc(OC)nc1. The number of rotatable bonds is 13. The van der Waals surface area contributed by atoms with Gasteiger partial charge in [-0.15, -0.1) is 0 Å². The molecule has 1 aliphatic heterocycles. The summed E-state index contributed by atoms with van der Waals surface area (Å²) in [7, 11) is 1.56. The zero-order valence-electron chi connectivity index (χ0n) is 21.5. The van der Waals surface area contributed by atoms with E-state index >= 15 is 0 Å². The molecule has 0 saturated heterocycles. The van der Waals surface area contributed by atoms with Crippen LogP contribution >= 0.6 is 0 Å². The molecule has 1 atom stereocenters. The fourth-order valence-electron chi connectivity index (χ4n) is 4.42. The van der Waals surface area contributed by atoms with Crippen LogP contribution in [-0.4, -0.2) is 64.3 Å². The quantitative estimate of drug-likeness (QED) is 0.335. The van der Waals surface area contributed by atoms with Crippen molar-refractivity contribution in [3.8, 4) is 11.8 Å². The van der Waals surface area contributed by atoms with Crippen LogP contribution in [0.2, 0.25) is 0 Å². The molecule has 2 N–H and O–H groups in total. The van der Waals surface area contributed by atoms with Crippen molar-refractivity contribution >= 4 is 11.8 Å². The molecule has 10 nitrogen and oxygen atoms in total. The predicted octanol–water partition coefficient (Wildman–Crippen LogP) is 2.93. The van der Waals surface area contributed by atoms with Crippen LogP contribution in [0.3, 0.4) is 0 Å². The number of anilines is 1. The van der Waals surface area contributed by atoms with E-state index in [1.165, 1.54) is 5.56 Å². The lowest BCUT2D eigenvalue weighted by Gasteiger charge is -2.17. The first kappa shape index (κ1) is 26.4. The molecule has 1 aliphatic rings. The molecule has 0 radical (unpaired) electrons. The van der Waals surface area contributed by atoms with Gasteiger partial charge in [-0.1, -0.05) is 12.1 Å². The number of hydrogen-bond donors (Lipinski definition) is 2. The summed E-state index contributed by atoms with van der Waals surface area (Å²) in [5.41, 5.74) is 3.86. The zero-order valence-corrected chi connectivity index (χ0v) is 21.5. The van der Waals surface area contributed by atoms with Crippen LogP contribution in [0.5, 0.6) is 11.8 Å². The van der Waals surface area contributed by atoms with Gasteiger partial charge in [0.2, 0.25) is 11.8 Å². The minimum Gasteiger partial charge on any atom is -0.481 e. The maximum atomic E-state index is 12.3. The largest absolute Gasteiger partial charge is 0.481 e. The number of aliphatic hydroxyl groups excluding tert-OH is 1. The van der Waals surface area contributed by atoms with Crippen LogP contribution in [0.25, 0.3) is 0 Å². The van der Waals surface area contributed by atoms with Gasteiger partial charge in [-0.05, 0) is 43.4 Å². The second-order valence-corrected chi connectivity index (χ2v) is 8.90. The zero-order chi connectivity index (χ0) is 26.0. The molecule has 10 heteroatoms. The molecular weight excluding hydrogens is 474 g/mol. The minimum atomic E-state index is -0.276. The Morgan fingerprint density at radius 2 is 2.14 bits per heavy atom. The van der Waals surface area contributed by atoms with Crippen molar-refractivity contribution in [1.29, 1.82) is 0 Å². The number of carbonyl (C=O) groups excluding carboxylic acids is 1. The summed E-state index contributed by atoms with van der Waals surface area (Å²) in [6.45, 7) is 3.74. The Hall–Kier alpha value is -3.66. The maximum Gasteiger partial charge on any atom is 0.306 e. The Balaban J connectivity index is 1.45. The van der Waals surface area contributed by atoms with E-state index < -0.39 is 0 Å². The Bertz CT molecular complexity index is 1160. The first-order valence-electron chi connectivity index (χ1n) is 12.8. The molecule has 0 aromatic carbocycles. The number of ether oxygens (including phenoxy) is 3. The van der Waals surface area contributed by atoms with E-state index in [9.17, 15) is 9.90 Å². The van der Waals surface area contributed by atoms with Gasteiger partial charge in [0.25, 0.3) is 0 Å². The van der Waals surface area contributed by atoms with Crippen molar-refractivity contribution < 1.29 is 24.1 Å². The fourth-order valence-corrected chi connectivity index (χ4v) is 4.42. The highest BCUT2D eigenvalue weighted by Crippen LogP contribution is 2.27.